The molecule has 0 spiro atoms. The van der Waals surface area contributed by atoms with Crippen LogP contribution in [-0.2, 0) is 16.0 Å². The van der Waals surface area contributed by atoms with Gasteiger partial charge in [0.15, 0.2) is 0 Å². The number of carbonyl (C=O) groups is 2. The smallest absolute Gasteiger partial charge is 0.239 e. The number of anilines is 1. The molecule has 0 radical (unpaired) electrons. The fraction of sp³-hybridized carbons (Fsp3) is 0.429. The summed E-state index contributed by atoms with van der Waals surface area (Å²) >= 11 is 0. The monoisotopic (exact) mass is 263 g/mol. The van der Waals surface area contributed by atoms with Gasteiger partial charge in [-0.3, -0.25) is 9.59 Å². The van der Waals surface area contributed by atoms with Crippen LogP contribution in [-0.4, -0.2) is 24.9 Å². The first-order valence-electron chi connectivity index (χ1n) is 6.35. The highest BCUT2D eigenvalue weighted by Gasteiger charge is 2.08. The Bertz CT molecular complexity index is 444. The van der Waals surface area contributed by atoms with Gasteiger partial charge >= 0.3 is 0 Å². The molecule has 1 rings (SSSR count). The minimum absolute atomic E-state index is 0.00169. The summed E-state index contributed by atoms with van der Waals surface area (Å²) in [5.74, 6) is 0.00412. The summed E-state index contributed by atoms with van der Waals surface area (Å²) in [6, 6.07) is 7.19. The van der Waals surface area contributed by atoms with Crippen molar-refractivity contribution in [1.82, 2.24) is 10.6 Å². The molecule has 2 amide bonds. The number of rotatable bonds is 6. The van der Waals surface area contributed by atoms with Crippen molar-refractivity contribution < 1.29 is 9.59 Å². The van der Waals surface area contributed by atoms with Crippen molar-refractivity contribution in [3.63, 3.8) is 0 Å². The Labute approximate surface area is 113 Å². The van der Waals surface area contributed by atoms with Gasteiger partial charge in [0.1, 0.15) is 0 Å². The fourth-order valence-electron chi connectivity index (χ4n) is 1.49. The summed E-state index contributed by atoms with van der Waals surface area (Å²) in [6.07, 6.45) is 0.185. The number of para-hydroxylation sites is 1. The molecule has 0 saturated heterocycles. The number of amides is 2. The van der Waals surface area contributed by atoms with E-state index in [1.54, 1.807) is 12.1 Å². The average Bonchev–Trinajstić information content (AvgIpc) is 2.36. The second kappa shape index (κ2) is 7.41. The van der Waals surface area contributed by atoms with Crippen LogP contribution in [0.4, 0.5) is 5.69 Å². The van der Waals surface area contributed by atoms with Gasteiger partial charge in [-0.05, 0) is 17.5 Å². The van der Waals surface area contributed by atoms with Gasteiger partial charge in [0, 0.05) is 12.2 Å². The van der Waals surface area contributed by atoms with Crippen LogP contribution in [0.5, 0.6) is 0 Å². The minimum atomic E-state index is -0.211. The third-order valence-corrected chi connectivity index (χ3v) is 2.56. The maximum Gasteiger partial charge on any atom is 0.239 e. The SMILES string of the molecule is CC(C)CNC(=O)CNC(=O)Cc1ccccc1N. The quantitative estimate of drug-likeness (QED) is 0.661. The van der Waals surface area contributed by atoms with Gasteiger partial charge < -0.3 is 16.4 Å². The predicted molar refractivity (Wildman–Crippen MR) is 75.4 cm³/mol. The topological polar surface area (TPSA) is 84.2 Å². The molecule has 0 aliphatic heterocycles. The highest BCUT2D eigenvalue weighted by Crippen LogP contribution is 2.10. The summed E-state index contributed by atoms with van der Waals surface area (Å²) in [4.78, 5) is 23.1. The number of hydrogen-bond donors (Lipinski definition) is 3. The van der Waals surface area contributed by atoms with Crippen LogP contribution in [0.25, 0.3) is 0 Å². The van der Waals surface area contributed by atoms with Gasteiger partial charge in [-0.2, -0.15) is 0 Å². The van der Waals surface area contributed by atoms with Crippen molar-refractivity contribution in [3.8, 4) is 0 Å². The standard InChI is InChI=1S/C14H21N3O2/c1-10(2)8-16-14(19)9-17-13(18)7-11-5-3-4-6-12(11)15/h3-6,10H,7-9,15H2,1-2H3,(H,16,19)(H,17,18). The lowest BCUT2D eigenvalue weighted by atomic mass is 10.1. The number of nitrogens with two attached hydrogens (primary N) is 1. The van der Waals surface area contributed by atoms with E-state index in [0.717, 1.165) is 5.56 Å². The lowest BCUT2D eigenvalue weighted by Crippen LogP contribution is -2.38. The molecule has 0 saturated carbocycles. The van der Waals surface area contributed by atoms with Crippen LogP contribution in [0.15, 0.2) is 24.3 Å². The summed E-state index contributed by atoms with van der Waals surface area (Å²) in [6.45, 7) is 4.63. The third kappa shape index (κ3) is 5.90. The van der Waals surface area contributed by atoms with E-state index in [2.05, 4.69) is 10.6 Å². The van der Waals surface area contributed by atoms with Crippen LogP contribution < -0.4 is 16.4 Å². The first-order chi connectivity index (χ1) is 8.99. The Morgan fingerprint density at radius 3 is 2.47 bits per heavy atom. The van der Waals surface area contributed by atoms with Crippen molar-refractivity contribution in [1.29, 1.82) is 0 Å². The molecule has 104 valence electrons. The Morgan fingerprint density at radius 1 is 1.16 bits per heavy atom. The van der Waals surface area contributed by atoms with E-state index < -0.39 is 0 Å². The zero-order valence-electron chi connectivity index (χ0n) is 11.4. The molecule has 0 heterocycles. The van der Waals surface area contributed by atoms with Crippen molar-refractivity contribution in [2.24, 2.45) is 5.92 Å². The van der Waals surface area contributed by atoms with E-state index >= 15 is 0 Å². The second-order valence-electron chi connectivity index (χ2n) is 4.85. The predicted octanol–water partition coefficient (Wildman–Crippen LogP) is 0.700. The van der Waals surface area contributed by atoms with E-state index in [-0.39, 0.29) is 24.8 Å². The van der Waals surface area contributed by atoms with Crippen LogP contribution in [0, 0.1) is 5.92 Å². The summed E-state index contributed by atoms with van der Waals surface area (Å²) < 4.78 is 0. The van der Waals surface area contributed by atoms with Crippen molar-refractivity contribution in [2.75, 3.05) is 18.8 Å². The molecule has 5 heteroatoms. The third-order valence-electron chi connectivity index (χ3n) is 2.56. The Morgan fingerprint density at radius 2 is 1.84 bits per heavy atom. The van der Waals surface area contributed by atoms with Crippen molar-refractivity contribution in [2.45, 2.75) is 20.3 Å². The number of hydrogen-bond acceptors (Lipinski definition) is 3. The first-order valence-corrected chi connectivity index (χ1v) is 6.35. The van der Waals surface area contributed by atoms with Crippen LogP contribution in [0.1, 0.15) is 19.4 Å². The zero-order valence-corrected chi connectivity index (χ0v) is 11.4. The Balaban J connectivity index is 2.32. The van der Waals surface area contributed by atoms with Crippen LogP contribution in [0.3, 0.4) is 0 Å². The molecule has 1 aromatic carbocycles. The molecule has 5 nitrogen and oxygen atoms in total. The molecule has 0 aliphatic rings. The largest absolute Gasteiger partial charge is 0.398 e. The maximum atomic E-state index is 11.7. The number of carbonyl (C=O) groups excluding carboxylic acids is 2. The maximum absolute atomic E-state index is 11.7. The van der Waals surface area contributed by atoms with Gasteiger partial charge in [0.25, 0.3) is 0 Å². The van der Waals surface area contributed by atoms with Gasteiger partial charge in [-0.1, -0.05) is 32.0 Å². The molecule has 0 aromatic heterocycles. The Hall–Kier alpha value is -2.04. The van der Waals surface area contributed by atoms with Gasteiger partial charge in [0.2, 0.25) is 11.8 Å². The molecule has 0 unspecified atom stereocenters. The average molecular weight is 263 g/mol. The highest BCUT2D eigenvalue weighted by atomic mass is 16.2. The molecule has 0 fully saturated rings. The zero-order chi connectivity index (χ0) is 14.3. The molecule has 4 N–H and O–H groups in total. The lowest BCUT2D eigenvalue weighted by Gasteiger charge is -2.09. The van der Waals surface area contributed by atoms with E-state index in [1.807, 2.05) is 26.0 Å². The van der Waals surface area contributed by atoms with E-state index in [0.29, 0.717) is 18.2 Å². The van der Waals surface area contributed by atoms with Crippen molar-refractivity contribution >= 4 is 17.5 Å². The number of nitrogen functional groups attached to an aromatic ring is 1. The van der Waals surface area contributed by atoms with Crippen molar-refractivity contribution in [3.05, 3.63) is 29.8 Å². The molecular weight excluding hydrogens is 242 g/mol. The van der Waals surface area contributed by atoms with Crippen LogP contribution >= 0.6 is 0 Å². The molecule has 0 bridgehead atoms. The molecule has 19 heavy (non-hydrogen) atoms. The van der Waals surface area contributed by atoms with E-state index in [1.165, 1.54) is 0 Å². The minimum Gasteiger partial charge on any atom is -0.398 e. The number of nitrogens with one attached hydrogen (secondary N) is 2. The summed E-state index contributed by atoms with van der Waals surface area (Å²) in [5.41, 5.74) is 7.10. The van der Waals surface area contributed by atoms with Gasteiger partial charge in [0.05, 0.1) is 13.0 Å². The summed E-state index contributed by atoms with van der Waals surface area (Å²) in [7, 11) is 0. The van der Waals surface area contributed by atoms with E-state index in [4.69, 9.17) is 5.73 Å². The normalized spacial score (nSPS) is 10.3. The first kappa shape index (κ1) is 15.0. The van der Waals surface area contributed by atoms with E-state index in [9.17, 15) is 9.59 Å². The summed E-state index contributed by atoms with van der Waals surface area (Å²) in [5, 5.41) is 5.31. The molecule has 0 atom stereocenters. The van der Waals surface area contributed by atoms with Gasteiger partial charge in [-0.15, -0.1) is 0 Å². The fourth-order valence-corrected chi connectivity index (χ4v) is 1.49. The molecular formula is C14H21N3O2. The van der Waals surface area contributed by atoms with Gasteiger partial charge in [-0.25, -0.2) is 0 Å². The highest BCUT2D eigenvalue weighted by molar-refractivity contribution is 5.86. The lowest BCUT2D eigenvalue weighted by molar-refractivity contribution is -0.125. The Kier molecular flexibility index (Phi) is 5.85. The second-order valence-corrected chi connectivity index (χ2v) is 4.85. The van der Waals surface area contributed by atoms with Crippen LogP contribution in [0.2, 0.25) is 0 Å². The number of benzene rings is 1. The molecule has 0 aliphatic carbocycles. The molecule has 1 aromatic rings.